The lowest BCUT2D eigenvalue weighted by Gasteiger charge is -2.08. The molecule has 0 saturated heterocycles. The highest BCUT2D eigenvalue weighted by atomic mass is 16.5. The summed E-state index contributed by atoms with van der Waals surface area (Å²) in [6.45, 7) is 3.24. The minimum atomic E-state index is -0.0599. The van der Waals surface area contributed by atoms with Crippen molar-refractivity contribution in [2.24, 2.45) is 0 Å². The normalized spacial score (nSPS) is 15.8. The number of amides is 1. The molecule has 0 saturated carbocycles. The van der Waals surface area contributed by atoms with E-state index < -0.39 is 0 Å². The van der Waals surface area contributed by atoms with E-state index in [0.29, 0.717) is 18.7 Å². The lowest BCUT2D eigenvalue weighted by Crippen LogP contribution is -2.28. The molecular weight excluding hydrogens is 278 g/mol. The average molecular weight is 297 g/mol. The lowest BCUT2D eigenvalue weighted by atomic mass is 10.1. The Kier molecular flexibility index (Phi) is 4.23. The molecule has 1 atom stereocenters. The highest BCUT2D eigenvalue weighted by Crippen LogP contribution is 2.29. The molecule has 1 aliphatic heterocycles. The van der Waals surface area contributed by atoms with Gasteiger partial charge < -0.3 is 15.4 Å². The van der Waals surface area contributed by atoms with E-state index in [2.05, 4.69) is 15.6 Å². The van der Waals surface area contributed by atoms with Crippen molar-refractivity contribution >= 4 is 11.6 Å². The van der Waals surface area contributed by atoms with Gasteiger partial charge in [-0.1, -0.05) is 0 Å². The Morgan fingerprint density at radius 2 is 2.27 bits per heavy atom. The van der Waals surface area contributed by atoms with Gasteiger partial charge in [-0.3, -0.25) is 9.78 Å². The smallest absolute Gasteiger partial charge is 0.251 e. The quantitative estimate of drug-likeness (QED) is 0.831. The zero-order valence-corrected chi connectivity index (χ0v) is 12.5. The Hall–Kier alpha value is -2.56. The molecule has 2 N–H and O–H groups in total. The number of benzene rings is 1. The molecule has 5 heteroatoms. The van der Waals surface area contributed by atoms with Crippen LogP contribution in [0, 0.1) is 0 Å². The van der Waals surface area contributed by atoms with Gasteiger partial charge in [0.15, 0.2) is 0 Å². The molecule has 5 nitrogen and oxygen atoms in total. The van der Waals surface area contributed by atoms with Gasteiger partial charge >= 0.3 is 0 Å². The molecule has 114 valence electrons. The summed E-state index contributed by atoms with van der Waals surface area (Å²) in [5.41, 5.74) is 2.73. The van der Waals surface area contributed by atoms with Crippen LogP contribution >= 0.6 is 0 Å². The van der Waals surface area contributed by atoms with Gasteiger partial charge in [0.2, 0.25) is 0 Å². The van der Waals surface area contributed by atoms with Gasteiger partial charge in [-0.05, 0) is 42.8 Å². The lowest BCUT2D eigenvalue weighted by molar-refractivity contribution is 0.0955. The number of nitrogens with zero attached hydrogens (tertiary/aromatic N) is 1. The van der Waals surface area contributed by atoms with Crippen molar-refractivity contribution in [3.63, 3.8) is 0 Å². The van der Waals surface area contributed by atoms with Crippen molar-refractivity contribution in [3.05, 3.63) is 53.9 Å². The van der Waals surface area contributed by atoms with Crippen LogP contribution in [0.5, 0.6) is 5.75 Å². The summed E-state index contributed by atoms with van der Waals surface area (Å²) in [6.07, 6.45) is 4.53. The van der Waals surface area contributed by atoms with Crippen molar-refractivity contribution in [1.29, 1.82) is 0 Å². The molecule has 0 bridgehead atoms. The summed E-state index contributed by atoms with van der Waals surface area (Å²) in [6, 6.07) is 9.41. The van der Waals surface area contributed by atoms with Crippen LogP contribution in [0.3, 0.4) is 0 Å². The molecule has 22 heavy (non-hydrogen) atoms. The fourth-order valence-corrected chi connectivity index (χ4v) is 2.52. The molecule has 1 aromatic heterocycles. The van der Waals surface area contributed by atoms with E-state index in [4.69, 9.17) is 4.74 Å². The molecular formula is C17H19N3O2. The molecule has 2 heterocycles. The maximum atomic E-state index is 12.1. The third kappa shape index (κ3) is 3.36. The van der Waals surface area contributed by atoms with Crippen molar-refractivity contribution in [1.82, 2.24) is 10.3 Å². The SMILES string of the molecule is C[C@@H]1Cc2cc(C(=O)NCCNc3cccnc3)ccc2O1. The Balaban J connectivity index is 1.49. The largest absolute Gasteiger partial charge is 0.490 e. The minimum absolute atomic E-state index is 0.0599. The third-order valence-corrected chi connectivity index (χ3v) is 3.56. The molecule has 1 aromatic carbocycles. The summed E-state index contributed by atoms with van der Waals surface area (Å²) in [4.78, 5) is 16.2. The van der Waals surface area contributed by atoms with Crippen LogP contribution in [0.15, 0.2) is 42.7 Å². The van der Waals surface area contributed by atoms with Crippen LogP contribution in [0.4, 0.5) is 5.69 Å². The standard InChI is InChI=1S/C17H19N3O2/c1-12-9-14-10-13(4-5-16(14)22-12)17(21)20-8-7-19-15-3-2-6-18-11-15/h2-6,10-12,19H,7-9H2,1H3,(H,20,21)/t12-/m1/s1. The predicted octanol–water partition coefficient (Wildman–Crippen LogP) is 2.25. The van der Waals surface area contributed by atoms with E-state index >= 15 is 0 Å². The Morgan fingerprint density at radius 3 is 3.09 bits per heavy atom. The zero-order chi connectivity index (χ0) is 15.4. The van der Waals surface area contributed by atoms with Crippen LogP contribution < -0.4 is 15.4 Å². The number of ether oxygens (including phenoxy) is 1. The summed E-state index contributed by atoms with van der Waals surface area (Å²) in [5.74, 6) is 0.831. The third-order valence-electron chi connectivity index (χ3n) is 3.56. The summed E-state index contributed by atoms with van der Waals surface area (Å²) in [5, 5.41) is 6.11. The monoisotopic (exact) mass is 297 g/mol. The highest BCUT2D eigenvalue weighted by molar-refractivity contribution is 5.94. The van der Waals surface area contributed by atoms with Crippen LogP contribution in [0.2, 0.25) is 0 Å². The van der Waals surface area contributed by atoms with Gasteiger partial charge in [0.25, 0.3) is 5.91 Å². The van der Waals surface area contributed by atoms with E-state index in [1.54, 1.807) is 18.5 Å². The van der Waals surface area contributed by atoms with Gasteiger partial charge in [0.1, 0.15) is 11.9 Å². The number of hydrogen-bond donors (Lipinski definition) is 2. The number of hydrogen-bond acceptors (Lipinski definition) is 4. The number of pyridine rings is 1. The Labute approximate surface area is 129 Å². The van der Waals surface area contributed by atoms with Gasteiger partial charge in [-0.15, -0.1) is 0 Å². The van der Waals surface area contributed by atoms with Crippen LogP contribution in [0.25, 0.3) is 0 Å². The van der Waals surface area contributed by atoms with Crippen LogP contribution in [0.1, 0.15) is 22.8 Å². The first-order chi connectivity index (χ1) is 10.7. The van der Waals surface area contributed by atoms with Crippen molar-refractivity contribution in [2.45, 2.75) is 19.4 Å². The maximum absolute atomic E-state index is 12.1. The number of aromatic nitrogens is 1. The second kappa shape index (κ2) is 6.47. The van der Waals surface area contributed by atoms with Crippen molar-refractivity contribution < 1.29 is 9.53 Å². The average Bonchev–Trinajstić information content (AvgIpc) is 2.91. The molecule has 1 aliphatic rings. The molecule has 0 fully saturated rings. The maximum Gasteiger partial charge on any atom is 0.251 e. The Bertz CT molecular complexity index is 658. The van der Waals surface area contributed by atoms with Crippen molar-refractivity contribution in [2.75, 3.05) is 18.4 Å². The second-order valence-electron chi connectivity index (χ2n) is 5.38. The first-order valence-corrected chi connectivity index (χ1v) is 7.44. The first-order valence-electron chi connectivity index (χ1n) is 7.44. The number of fused-ring (bicyclic) bond motifs is 1. The molecule has 2 aromatic rings. The van der Waals surface area contributed by atoms with E-state index in [1.807, 2.05) is 31.2 Å². The number of rotatable bonds is 5. The first kappa shape index (κ1) is 14.4. The van der Waals surface area contributed by atoms with Crippen LogP contribution in [-0.2, 0) is 6.42 Å². The number of nitrogens with one attached hydrogen (secondary N) is 2. The fourth-order valence-electron chi connectivity index (χ4n) is 2.52. The van der Waals surface area contributed by atoms with Gasteiger partial charge in [-0.25, -0.2) is 0 Å². The summed E-state index contributed by atoms with van der Waals surface area (Å²) < 4.78 is 5.64. The van der Waals surface area contributed by atoms with Gasteiger partial charge in [0.05, 0.1) is 5.69 Å². The second-order valence-corrected chi connectivity index (χ2v) is 5.38. The number of carbonyl (C=O) groups excluding carboxylic acids is 1. The van der Waals surface area contributed by atoms with Gasteiger partial charge in [-0.2, -0.15) is 0 Å². The van der Waals surface area contributed by atoms with Crippen molar-refractivity contribution in [3.8, 4) is 5.75 Å². The van der Waals surface area contributed by atoms with E-state index in [0.717, 1.165) is 23.4 Å². The Morgan fingerprint density at radius 1 is 1.36 bits per heavy atom. The van der Waals surface area contributed by atoms with Crippen LogP contribution in [-0.4, -0.2) is 30.1 Å². The number of carbonyl (C=O) groups is 1. The molecule has 1 amide bonds. The van der Waals surface area contributed by atoms with E-state index in [9.17, 15) is 4.79 Å². The van der Waals surface area contributed by atoms with Gasteiger partial charge in [0, 0.05) is 37.5 Å². The summed E-state index contributed by atoms with van der Waals surface area (Å²) in [7, 11) is 0. The van der Waals surface area contributed by atoms with E-state index in [-0.39, 0.29) is 12.0 Å². The van der Waals surface area contributed by atoms with E-state index in [1.165, 1.54) is 0 Å². The minimum Gasteiger partial charge on any atom is -0.490 e. The molecule has 0 aliphatic carbocycles. The topological polar surface area (TPSA) is 63.2 Å². The molecule has 0 spiro atoms. The predicted molar refractivity (Wildman–Crippen MR) is 85.3 cm³/mol. The molecule has 0 radical (unpaired) electrons. The summed E-state index contributed by atoms with van der Waals surface area (Å²) >= 11 is 0. The number of anilines is 1. The fraction of sp³-hybridized carbons (Fsp3) is 0.294. The molecule has 3 rings (SSSR count). The zero-order valence-electron chi connectivity index (χ0n) is 12.5. The highest BCUT2D eigenvalue weighted by Gasteiger charge is 2.20. The molecule has 0 unspecified atom stereocenters.